The Labute approximate surface area is 113 Å². The molecule has 0 bridgehead atoms. The van der Waals surface area contributed by atoms with Gasteiger partial charge >= 0.3 is 5.97 Å². The topological polar surface area (TPSA) is 52.6 Å². The minimum Gasteiger partial charge on any atom is -0.476 e. The highest BCUT2D eigenvalue weighted by molar-refractivity contribution is 5.80. The Hall–Kier alpha value is -1.84. The smallest absolute Gasteiger partial charge is 0.350 e. The first kappa shape index (κ1) is 15.2. The number of hydrogen-bond acceptors (Lipinski definition) is 4. The Morgan fingerprint density at radius 1 is 1.16 bits per heavy atom. The molecule has 1 aromatic rings. The van der Waals surface area contributed by atoms with Crippen LogP contribution in [0.15, 0.2) is 24.3 Å². The number of carbonyl (C=O) groups is 2. The largest absolute Gasteiger partial charge is 0.476 e. The van der Waals surface area contributed by atoms with Gasteiger partial charge in [0, 0.05) is 5.56 Å². The molecule has 4 heteroatoms. The van der Waals surface area contributed by atoms with Crippen molar-refractivity contribution < 1.29 is 19.1 Å². The van der Waals surface area contributed by atoms with Crippen LogP contribution < -0.4 is 4.74 Å². The minimum absolute atomic E-state index is 0.448. The van der Waals surface area contributed by atoms with Crippen molar-refractivity contribution in [2.24, 2.45) is 0 Å². The van der Waals surface area contributed by atoms with Crippen LogP contribution in [0.3, 0.4) is 0 Å². The molecule has 0 spiro atoms. The summed E-state index contributed by atoms with van der Waals surface area (Å²) in [5, 5.41) is 0. The van der Waals surface area contributed by atoms with Crippen LogP contribution in [0, 0.1) is 0 Å². The minimum atomic E-state index is -1.12. The maximum atomic E-state index is 12.0. The van der Waals surface area contributed by atoms with E-state index >= 15 is 0 Å². The molecule has 0 saturated heterocycles. The standard InChI is InChI=1S/C15H20O4/c1-14(2,3)19-13(17)15(4,5)18-12-8-6-7-11(9-12)10-16/h6-10H,1-5H3. The summed E-state index contributed by atoms with van der Waals surface area (Å²) >= 11 is 0. The molecule has 0 heterocycles. The van der Waals surface area contributed by atoms with E-state index < -0.39 is 17.2 Å². The molecular formula is C15H20O4. The zero-order valence-electron chi connectivity index (χ0n) is 12.0. The SMILES string of the molecule is CC(C)(C)OC(=O)C(C)(C)Oc1cccc(C=O)c1. The van der Waals surface area contributed by atoms with E-state index in [1.54, 1.807) is 58.9 Å². The van der Waals surface area contributed by atoms with Crippen molar-refractivity contribution in [2.75, 3.05) is 0 Å². The lowest BCUT2D eigenvalue weighted by atomic mass is 10.1. The summed E-state index contributed by atoms with van der Waals surface area (Å²) in [6, 6.07) is 6.64. The molecule has 4 nitrogen and oxygen atoms in total. The maximum Gasteiger partial charge on any atom is 0.350 e. The van der Waals surface area contributed by atoms with Crippen molar-refractivity contribution in [2.45, 2.75) is 45.8 Å². The van der Waals surface area contributed by atoms with Gasteiger partial charge in [-0.3, -0.25) is 4.79 Å². The van der Waals surface area contributed by atoms with Crippen LogP contribution in [0.2, 0.25) is 0 Å². The van der Waals surface area contributed by atoms with Crippen molar-refractivity contribution >= 4 is 12.3 Å². The first-order chi connectivity index (χ1) is 8.64. The Morgan fingerprint density at radius 2 is 1.79 bits per heavy atom. The molecule has 0 atom stereocenters. The van der Waals surface area contributed by atoms with Gasteiger partial charge in [0.1, 0.15) is 17.6 Å². The van der Waals surface area contributed by atoms with E-state index in [9.17, 15) is 9.59 Å². The van der Waals surface area contributed by atoms with Crippen LogP contribution in [-0.4, -0.2) is 23.5 Å². The molecule has 0 N–H and O–H groups in total. The van der Waals surface area contributed by atoms with Gasteiger partial charge in [0.2, 0.25) is 0 Å². The molecule has 0 saturated carbocycles. The van der Waals surface area contributed by atoms with Crippen molar-refractivity contribution in [3.63, 3.8) is 0 Å². The summed E-state index contributed by atoms with van der Waals surface area (Å²) in [5.74, 6) is 0.0111. The third kappa shape index (κ3) is 4.73. The normalized spacial score (nSPS) is 11.8. The zero-order valence-corrected chi connectivity index (χ0v) is 12.0. The van der Waals surface area contributed by atoms with Gasteiger partial charge in [0.05, 0.1) is 0 Å². The third-order valence-electron chi connectivity index (χ3n) is 2.26. The first-order valence-corrected chi connectivity index (χ1v) is 6.12. The predicted molar refractivity (Wildman–Crippen MR) is 72.4 cm³/mol. The molecule has 0 aliphatic heterocycles. The second-order valence-corrected chi connectivity index (χ2v) is 5.80. The molecule has 104 valence electrons. The molecule has 0 aliphatic carbocycles. The number of hydrogen-bond donors (Lipinski definition) is 0. The monoisotopic (exact) mass is 264 g/mol. The summed E-state index contributed by atoms with van der Waals surface area (Å²) in [6.07, 6.45) is 0.729. The van der Waals surface area contributed by atoms with E-state index in [0.717, 1.165) is 6.29 Å². The molecule has 0 aliphatic rings. The number of carbonyl (C=O) groups excluding carboxylic acids is 2. The number of ether oxygens (including phenoxy) is 2. The van der Waals surface area contributed by atoms with Gasteiger partial charge in [-0.05, 0) is 46.8 Å². The highest BCUT2D eigenvalue weighted by Crippen LogP contribution is 2.22. The Morgan fingerprint density at radius 3 is 2.32 bits per heavy atom. The fraction of sp³-hybridized carbons (Fsp3) is 0.467. The zero-order chi connectivity index (χ0) is 14.7. The van der Waals surface area contributed by atoms with Crippen LogP contribution in [0.4, 0.5) is 0 Å². The molecule has 1 rings (SSSR count). The quantitative estimate of drug-likeness (QED) is 0.619. The van der Waals surface area contributed by atoms with Crippen LogP contribution >= 0.6 is 0 Å². The lowest BCUT2D eigenvalue weighted by Crippen LogP contribution is -2.43. The van der Waals surface area contributed by atoms with Crippen molar-refractivity contribution in [1.82, 2.24) is 0 Å². The van der Waals surface area contributed by atoms with E-state index in [0.29, 0.717) is 11.3 Å². The predicted octanol–water partition coefficient (Wildman–Crippen LogP) is 3.00. The van der Waals surface area contributed by atoms with Crippen molar-refractivity contribution in [1.29, 1.82) is 0 Å². The maximum absolute atomic E-state index is 12.0. The van der Waals surface area contributed by atoms with Crippen LogP contribution in [0.25, 0.3) is 0 Å². The second-order valence-electron chi connectivity index (χ2n) is 5.80. The summed E-state index contributed by atoms with van der Waals surface area (Å²) in [6.45, 7) is 8.67. The lowest BCUT2D eigenvalue weighted by Gasteiger charge is -2.29. The highest BCUT2D eigenvalue weighted by Gasteiger charge is 2.34. The average molecular weight is 264 g/mol. The van der Waals surface area contributed by atoms with Crippen LogP contribution in [-0.2, 0) is 9.53 Å². The molecule has 0 amide bonds. The molecule has 19 heavy (non-hydrogen) atoms. The third-order valence-corrected chi connectivity index (χ3v) is 2.26. The summed E-state index contributed by atoms with van der Waals surface area (Å²) in [4.78, 5) is 22.7. The van der Waals surface area contributed by atoms with Crippen molar-refractivity contribution in [3.8, 4) is 5.75 Å². The fourth-order valence-electron chi connectivity index (χ4n) is 1.39. The van der Waals surface area contributed by atoms with Gasteiger partial charge in [0.25, 0.3) is 0 Å². The van der Waals surface area contributed by atoms with Crippen LogP contribution in [0.1, 0.15) is 45.0 Å². The van der Waals surface area contributed by atoms with Gasteiger partial charge in [-0.2, -0.15) is 0 Å². The van der Waals surface area contributed by atoms with Crippen LogP contribution in [0.5, 0.6) is 5.75 Å². The highest BCUT2D eigenvalue weighted by atomic mass is 16.6. The van der Waals surface area contributed by atoms with Gasteiger partial charge in [-0.1, -0.05) is 12.1 Å². The Balaban J connectivity index is 2.83. The molecule has 0 aromatic heterocycles. The Kier molecular flexibility index (Phi) is 4.35. The van der Waals surface area contributed by atoms with E-state index in [-0.39, 0.29) is 0 Å². The summed E-state index contributed by atoms with van der Waals surface area (Å²) < 4.78 is 10.9. The second kappa shape index (κ2) is 5.43. The van der Waals surface area contributed by atoms with Gasteiger partial charge in [-0.15, -0.1) is 0 Å². The van der Waals surface area contributed by atoms with E-state index in [2.05, 4.69) is 0 Å². The number of aldehydes is 1. The lowest BCUT2D eigenvalue weighted by molar-refractivity contribution is -0.170. The molecular weight excluding hydrogens is 244 g/mol. The first-order valence-electron chi connectivity index (χ1n) is 6.12. The van der Waals surface area contributed by atoms with Gasteiger partial charge in [-0.25, -0.2) is 4.79 Å². The molecule has 0 radical (unpaired) electrons. The number of rotatable bonds is 4. The summed E-state index contributed by atoms with van der Waals surface area (Å²) in [5.41, 5.74) is -1.19. The molecule has 0 unspecified atom stereocenters. The van der Waals surface area contributed by atoms with E-state index in [1.807, 2.05) is 0 Å². The van der Waals surface area contributed by atoms with Gasteiger partial charge < -0.3 is 9.47 Å². The number of esters is 1. The van der Waals surface area contributed by atoms with E-state index in [4.69, 9.17) is 9.47 Å². The number of benzene rings is 1. The fourth-order valence-corrected chi connectivity index (χ4v) is 1.39. The summed E-state index contributed by atoms with van der Waals surface area (Å²) in [7, 11) is 0. The van der Waals surface area contributed by atoms with E-state index in [1.165, 1.54) is 0 Å². The molecule has 1 aromatic carbocycles. The molecule has 0 fully saturated rings. The van der Waals surface area contributed by atoms with Gasteiger partial charge in [0.15, 0.2) is 5.60 Å². The average Bonchev–Trinajstić information content (AvgIpc) is 2.26. The van der Waals surface area contributed by atoms with Crippen molar-refractivity contribution in [3.05, 3.63) is 29.8 Å². The Bertz CT molecular complexity index is 469.